The van der Waals surface area contributed by atoms with Crippen molar-refractivity contribution in [1.82, 2.24) is 5.48 Å². The largest absolute Gasteiger partial charge is 0.392 e. The van der Waals surface area contributed by atoms with Gasteiger partial charge in [-0.25, -0.2) is 5.48 Å². The lowest BCUT2D eigenvalue weighted by molar-refractivity contribution is -0.245. The van der Waals surface area contributed by atoms with Gasteiger partial charge in [0.25, 0.3) is 0 Å². The van der Waals surface area contributed by atoms with Crippen LogP contribution in [0, 0.1) is 0 Å². The van der Waals surface area contributed by atoms with Crippen molar-refractivity contribution in [2.45, 2.75) is 62.1 Å². The number of carbonyl (C=O) groups is 2. The van der Waals surface area contributed by atoms with E-state index in [-0.39, 0.29) is 37.6 Å². The summed E-state index contributed by atoms with van der Waals surface area (Å²) in [6.45, 7) is -0.00954. The molecule has 9 heteroatoms. The Morgan fingerprint density at radius 2 is 1.62 bits per heavy atom. The molecular formula is C30H34N2O6S. The van der Waals surface area contributed by atoms with E-state index in [0.717, 1.165) is 22.4 Å². The zero-order valence-electron chi connectivity index (χ0n) is 21.6. The quantitative estimate of drug-likeness (QED) is 0.102. The molecule has 0 aromatic heterocycles. The number of benzene rings is 3. The third kappa shape index (κ3) is 8.91. The Balaban J connectivity index is 1.43. The van der Waals surface area contributed by atoms with Gasteiger partial charge in [0.2, 0.25) is 11.8 Å². The molecule has 1 aliphatic heterocycles. The zero-order chi connectivity index (χ0) is 27.5. The summed E-state index contributed by atoms with van der Waals surface area (Å²) in [4.78, 5) is 24.7. The number of ether oxygens (including phenoxy) is 2. The van der Waals surface area contributed by atoms with Crippen molar-refractivity contribution >= 4 is 29.3 Å². The summed E-state index contributed by atoms with van der Waals surface area (Å²) in [5.41, 5.74) is 4.91. The number of hydrogen-bond acceptors (Lipinski definition) is 7. The first-order valence-corrected chi connectivity index (χ1v) is 14.0. The monoisotopic (exact) mass is 550 g/mol. The van der Waals surface area contributed by atoms with Crippen LogP contribution in [0.1, 0.15) is 61.2 Å². The van der Waals surface area contributed by atoms with Crippen molar-refractivity contribution in [1.29, 1.82) is 0 Å². The number of unbranched alkanes of at least 4 members (excludes halogenated alkanes) is 1. The lowest BCUT2D eigenvalue weighted by Gasteiger charge is -2.36. The lowest BCUT2D eigenvalue weighted by Crippen LogP contribution is -2.31. The molecule has 1 aliphatic rings. The summed E-state index contributed by atoms with van der Waals surface area (Å²) in [5, 5.41) is 20.9. The van der Waals surface area contributed by atoms with Crippen LogP contribution in [-0.4, -0.2) is 34.0 Å². The van der Waals surface area contributed by atoms with E-state index in [4.69, 9.17) is 14.7 Å². The minimum Gasteiger partial charge on any atom is -0.392 e. The number of nitrogens with one attached hydrogen (secondary N) is 2. The number of anilines is 1. The van der Waals surface area contributed by atoms with Crippen LogP contribution in [-0.2, 0) is 25.7 Å². The summed E-state index contributed by atoms with van der Waals surface area (Å²) < 4.78 is 12.8. The normalized spacial score (nSPS) is 18.9. The third-order valence-electron chi connectivity index (χ3n) is 6.42. The fraction of sp³-hybridized carbons (Fsp3) is 0.333. The molecule has 39 heavy (non-hydrogen) atoms. The maximum absolute atomic E-state index is 12.4. The Bertz CT molecular complexity index is 1210. The molecule has 3 aromatic carbocycles. The zero-order valence-corrected chi connectivity index (χ0v) is 22.4. The standard InChI is InChI=1S/C30H34N2O6S/c33-19-21-13-15-22(16-14-21)27-18-25(20-39-26-9-2-1-3-10-26)37-30(38-27)23-7-6-8-24(17-23)31-28(34)11-4-5-12-29(35)32-36/h1-3,6-10,13-17,25,27,30,33,36H,4-5,11-12,18-20H2,(H,31,34)(H,32,35)/t25-,27+,30+/m1/s1. The van der Waals surface area contributed by atoms with Gasteiger partial charge in [0, 0.05) is 41.2 Å². The van der Waals surface area contributed by atoms with E-state index in [2.05, 4.69) is 17.4 Å². The Morgan fingerprint density at radius 3 is 2.33 bits per heavy atom. The molecule has 0 bridgehead atoms. The van der Waals surface area contributed by atoms with Gasteiger partial charge in [-0.05, 0) is 48.2 Å². The predicted octanol–water partition coefficient (Wildman–Crippen LogP) is 5.52. The number of carbonyl (C=O) groups excluding carboxylic acids is 2. The summed E-state index contributed by atoms with van der Waals surface area (Å²) >= 11 is 1.74. The third-order valence-corrected chi connectivity index (χ3v) is 7.56. The summed E-state index contributed by atoms with van der Waals surface area (Å²) in [7, 11) is 0. The Morgan fingerprint density at radius 1 is 0.872 bits per heavy atom. The number of thioether (sulfide) groups is 1. The van der Waals surface area contributed by atoms with E-state index >= 15 is 0 Å². The average molecular weight is 551 g/mol. The van der Waals surface area contributed by atoms with Crippen molar-refractivity contribution < 1.29 is 29.4 Å². The molecule has 2 amide bonds. The highest BCUT2D eigenvalue weighted by Crippen LogP contribution is 2.39. The van der Waals surface area contributed by atoms with Gasteiger partial charge < -0.3 is 19.9 Å². The molecule has 3 atom stereocenters. The molecule has 0 unspecified atom stereocenters. The SMILES string of the molecule is O=C(CCCCC(=O)Nc1cccc([C@H]2O[C@@H](CSc3ccccc3)C[C@@H](c3ccc(CO)cc3)O2)c1)NO. The fourth-order valence-corrected chi connectivity index (χ4v) is 5.28. The second-order valence-electron chi connectivity index (χ2n) is 9.39. The highest BCUT2D eigenvalue weighted by molar-refractivity contribution is 7.99. The Labute approximate surface area is 232 Å². The van der Waals surface area contributed by atoms with Crippen molar-refractivity contribution in [3.8, 4) is 0 Å². The minimum atomic E-state index is -0.614. The molecule has 1 saturated heterocycles. The first-order valence-electron chi connectivity index (χ1n) is 13.0. The van der Waals surface area contributed by atoms with Gasteiger partial charge in [-0.1, -0.05) is 54.6 Å². The van der Waals surface area contributed by atoms with Crippen LogP contribution in [0.3, 0.4) is 0 Å². The Hall–Kier alpha value is -3.21. The molecule has 0 radical (unpaired) electrons. The van der Waals surface area contributed by atoms with Gasteiger partial charge in [-0.15, -0.1) is 11.8 Å². The van der Waals surface area contributed by atoms with Crippen LogP contribution in [0.2, 0.25) is 0 Å². The number of hydrogen-bond donors (Lipinski definition) is 4. The average Bonchev–Trinajstić information content (AvgIpc) is 2.98. The van der Waals surface area contributed by atoms with Gasteiger partial charge >= 0.3 is 0 Å². The van der Waals surface area contributed by atoms with Gasteiger partial charge in [0.1, 0.15) is 0 Å². The smallest absolute Gasteiger partial charge is 0.243 e. The van der Waals surface area contributed by atoms with E-state index in [1.807, 2.05) is 66.7 Å². The topological polar surface area (TPSA) is 117 Å². The Kier molecular flexibility index (Phi) is 10.9. The number of hydroxylamine groups is 1. The summed E-state index contributed by atoms with van der Waals surface area (Å²) in [5.74, 6) is 0.152. The maximum Gasteiger partial charge on any atom is 0.243 e. The highest BCUT2D eigenvalue weighted by atomic mass is 32.2. The van der Waals surface area contributed by atoms with Crippen LogP contribution >= 0.6 is 11.8 Å². The number of aliphatic hydroxyl groups excluding tert-OH is 1. The summed E-state index contributed by atoms with van der Waals surface area (Å²) in [6, 6.07) is 25.5. The number of aliphatic hydroxyl groups is 1. The predicted molar refractivity (Wildman–Crippen MR) is 149 cm³/mol. The van der Waals surface area contributed by atoms with Crippen LogP contribution in [0.5, 0.6) is 0 Å². The number of rotatable bonds is 12. The van der Waals surface area contributed by atoms with Crippen molar-refractivity contribution in [2.75, 3.05) is 11.1 Å². The first-order chi connectivity index (χ1) is 19.0. The van der Waals surface area contributed by atoms with Crippen molar-refractivity contribution in [3.05, 3.63) is 95.6 Å². The molecule has 4 rings (SSSR count). The van der Waals surface area contributed by atoms with Crippen LogP contribution in [0.25, 0.3) is 0 Å². The van der Waals surface area contributed by atoms with Gasteiger partial charge in [0.15, 0.2) is 6.29 Å². The highest BCUT2D eigenvalue weighted by Gasteiger charge is 2.32. The molecule has 1 heterocycles. The van der Waals surface area contributed by atoms with E-state index in [1.54, 1.807) is 17.2 Å². The molecule has 4 N–H and O–H groups in total. The minimum absolute atomic E-state index is 0.00954. The molecule has 1 fully saturated rings. The van der Waals surface area contributed by atoms with Gasteiger partial charge in [-0.3, -0.25) is 14.8 Å². The van der Waals surface area contributed by atoms with Crippen LogP contribution < -0.4 is 10.8 Å². The van der Waals surface area contributed by atoms with Crippen molar-refractivity contribution in [2.24, 2.45) is 0 Å². The van der Waals surface area contributed by atoms with E-state index in [0.29, 0.717) is 24.9 Å². The van der Waals surface area contributed by atoms with Crippen LogP contribution in [0.15, 0.2) is 83.8 Å². The van der Waals surface area contributed by atoms with Gasteiger partial charge in [0.05, 0.1) is 18.8 Å². The molecular weight excluding hydrogens is 516 g/mol. The van der Waals surface area contributed by atoms with Gasteiger partial charge in [-0.2, -0.15) is 0 Å². The van der Waals surface area contributed by atoms with Crippen LogP contribution in [0.4, 0.5) is 5.69 Å². The fourth-order valence-electron chi connectivity index (χ4n) is 4.34. The molecule has 3 aromatic rings. The molecule has 0 saturated carbocycles. The van der Waals surface area contributed by atoms with Crippen molar-refractivity contribution in [3.63, 3.8) is 0 Å². The second kappa shape index (κ2) is 14.8. The lowest BCUT2D eigenvalue weighted by atomic mass is 10.0. The maximum atomic E-state index is 12.4. The van der Waals surface area contributed by atoms with E-state index in [9.17, 15) is 14.7 Å². The second-order valence-corrected chi connectivity index (χ2v) is 10.5. The van der Waals surface area contributed by atoms with E-state index in [1.165, 1.54) is 4.90 Å². The molecule has 0 aliphatic carbocycles. The molecule has 0 spiro atoms. The molecule has 8 nitrogen and oxygen atoms in total. The molecule has 206 valence electrons. The first kappa shape index (κ1) is 28.8. The number of amides is 2. The van der Waals surface area contributed by atoms with E-state index < -0.39 is 12.2 Å². The summed E-state index contributed by atoms with van der Waals surface area (Å²) in [6.07, 6.45) is 1.31.